The molecule has 1 heterocycles. The molecule has 0 atom stereocenters. The maximum atomic E-state index is 5.23. The van der Waals surface area contributed by atoms with Gasteiger partial charge in [0, 0.05) is 12.3 Å². The second-order valence-corrected chi connectivity index (χ2v) is 4.09. The quantitative estimate of drug-likeness (QED) is 0.702. The molecule has 2 nitrogen and oxygen atoms in total. The van der Waals surface area contributed by atoms with E-state index < -0.39 is 0 Å². The lowest BCUT2D eigenvalue weighted by Crippen LogP contribution is -2.16. The van der Waals surface area contributed by atoms with E-state index >= 15 is 0 Å². The lowest BCUT2D eigenvalue weighted by Gasteiger charge is -2.04. The van der Waals surface area contributed by atoms with Crippen LogP contribution in [0.5, 0.6) is 0 Å². The number of hydrogen-bond donors (Lipinski definition) is 1. The van der Waals surface area contributed by atoms with Gasteiger partial charge in [-0.25, -0.2) is 0 Å². The minimum atomic E-state index is 0.918. The Balaban J connectivity index is 2.06. The van der Waals surface area contributed by atoms with Crippen LogP contribution in [0.3, 0.4) is 0 Å². The number of rotatable bonds is 7. The monoisotopic (exact) mass is 211 g/mol. The average molecular weight is 211 g/mol. The molecule has 0 radical (unpaired) electrons. The molecule has 1 aromatic heterocycles. The van der Waals surface area contributed by atoms with Crippen molar-refractivity contribution in [1.82, 2.24) is 5.32 Å². The molecule has 0 spiro atoms. The molecule has 0 saturated carbocycles. The Morgan fingerprint density at radius 1 is 1.64 bits per heavy atom. The molecule has 0 bridgehead atoms. The van der Waals surface area contributed by atoms with Gasteiger partial charge in [0.25, 0.3) is 0 Å². The lowest BCUT2D eigenvalue weighted by molar-refractivity contribution is 0.530. The van der Waals surface area contributed by atoms with E-state index in [2.05, 4.69) is 18.8 Å². The summed E-state index contributed by atoms with van der Waals surface area (Å²) in [6.07, 6.45) is 1.71. The van der Waals surface area contributed by atoms with Crippen LogP contribution in [0.2, 0.25) is 0 Å². The van der Waals surface area contributed by atoms with Crippen molar-refractivity contribution in [1.29, 1.82) is 0 Å². The molecule has 78 valence electrons. The van der Waals surface area contributed by atoms with Gasteiger partial charge in [0.2, 0.25) is 0 Å². The maximum absolute atomic E-state index is 5.23. The second-order valence-electron chi connectivity index (χ2n) is 3.10. The normalized spacial score (nSPS) is 10.4. The third kappa shape index (κ3) is 4.53. The minimum Gasteiger partial charge on any atom is -0.468 e. The summed E-state index contributed by atoms with van der Waals surface area (Å²) in [6, 6.07) is 3.92. The van der Waals surface area contributed by atoms with Crippen LogP contribution >= 0.6 is 11.8 Å². The zero-order chi connectivity index (χ0) is 10.2. The molecule has 0 unspecified atom stereocenters. The lowest BCUT2D eigenvalue weighted by atomic mass is 10.3. The average Bonchev–Trinajstić information content (AvgIpc) is 2.67. The van der Waals surface area contributed by atoms with Crippen LogP contribution in [-0.2, 0) is 5.75 Å². The van der Waals surface area contributed by atoms with Gasteiger partial charge in [-0.2, -0.15) is 0 Å². The predicted molar refractivity (Wildman–Crippen MR) is 62.6 cm³/mol. The molecule has 0 aliphatic rings. The molecule has 1 N–H and O–H groups in total. The third-order valence-electron chi connectivity index (χ3n) is 1.76. The van der Waals surface area contributed by atoms with Gasteiger partial charge < -0.3 is 9.73 Å². The molecule has 0 saturated heterocycles. The summed E-state index contributed by atoms with van der Waals surface area (Å²) in [5.74, 6) is 2.96. The summed E-state index contributed by atoms with van der Waals surface area (Å²) in [7, 11) is 0. The van der Waals surface area contributed by atoms with Crippen molar-refractivity contribution < 1.29 is 4.42 Å². The van der Waals surface area contributed by atoms with E-state index in [1.165, 1.54) is 5.57 Å². The van der Waals surface area contributed by atoms with E-state index in [1.807, 2.05) is 23.9 Å². The van der Waals surface area contributed by atoms with Gasteiger partial charge in [0.05, 0.1) is 12.0 Å². The highest BCUT2D eigenvalue weighted by Gasteiger charge is 1.97. The summed E-state index contributed by atoms with van der Waals surface area (Å²) in [5, 5.41) is 3.26. The van der Waals surface area contributed by atoms with Crippen LogP contribution in [0, 0.1) is 0 Å². The first kappa shape index (κ1) is 11.4. The molecule has 0 aromatic carbocycles. The number of furan rings is 1. The molecule has 0 aliphatic carbocycles. The molecule has 0 aliphatic heterocycles. The van der Waals surface area contributed by atoms with E-state index in [1.54, 1.807) is 6.26 Å². The van der Waals surface area contributed by atoms with E-state index in [0.29, 0.717) is 0 Å². The summed E-state index contributed by atoms with van der Waals surface area (Å²) in [4.78, 5) is 0. The largest absolute Gasteiger partial charge is 0.468 e. The third-order valence-corrected chi connectivity index (χ3v) is 2.86. The van der Waals surface area contributed by atoms with Crippen LogP contribution in [0.1, 0.15) is 12.7 Å². The van der Waals surface area contributed by atoms with E-state index in [0.717, 1.165) is 30.4 Å². The molecule has 14 heavy (non-hydrogen) atoms. The van der Waals surface area contributed by atoms with Crippen LogP contribution < -0.4 is 5.32 Å². The van der Waals surface area contributed by atoms with Gasteiger partial charge in [0.1, 0.15) is 5.76 Å². The van der Waals surface area contributed by atoms with Crippen molar-refractivity contribution in [3.63, 3.8) is 0 Å². The molecule has 3 heteroatoms. The van der Waals surface area contributed by atoms with Crippen molar-refractivity contribution in [2.45, 2.75) is 12.7 Å². The van der Waals surface area contributed by atoms with Crippen LogP contribution in [0.4, 0.5) is 0 Å². The molecular weight excluding hydrogens is 194 g/mol. The number of thioether (sulfide) groups is 1. The van der Waals surface area contributed by atoms with Crippen molar-refractivity contribution in [2.24, 2.45) is 0 Å². The highest BCUT2D eigenvalue weighted by atomic mass is 32.2. The van der Waals surface area contributed by atoms with Crippen molar-refractivity contribution in [3.05, 3.63) is 36.3 Å². The fraction of sp³-hybridized carbons (Fsp3) is 0.455. The van der Waals surface area contributed by atoms with Gasteiger partial charge in [0.15, 0.2) is 0 Å². The zero-order valence-electron chi connectivity index (χ0n) is 8.58. The molecule has 1 aromatic rings. The van der Waals surface area contributed by atoms with E-state index in [-0.39, 0.29) is 0 Å². The van der Waals surface area contributed by atoms with Crippen LogP contribution in [-0.4, -0.2) is 18.8 Å². The molecule has 1 rings (SSSR count). The van der Waals surface area contributed by atoms with Crippen LogP contribution in [0.25, 0.3) is 0 Å². The van der Waals surface area contributed by atoms with E-state index in [4.69, 9.17) is 4.42 Å². The standard InChI is InChI=1S/C11H17NOS/c1-3-12-7-10(2)8-14-9-11-5-4-6-13-11/h4-6,12H,2-3,7-9H2,1H3. The highest BCUT2D eigenvalue weighted by molar-refractivity contribution is 7.98. The van der Waals surface area contributed by atoms with Crippen molar-refractivity contribution in [2.75, 3.05) is 18.8 Å². The topological polar surface area (TPSA) is 25.2 Å². The molecular formula is C11H17NOS. The molecule has 0 fully saturated rings. The first-order chi connectivity index (χ1) is 6.83. The van der Waals surface area contributed by atoms with Gasteiger partial charge in [-0.05, 0) is 18.7 Å². The number of likely N-dealkylation sites (N-methyl/N-ethyl adjacent to an activating group) is 1. The minimum absolute atomic E-state index is 0.918. The highest BCUT2D eigenvalue weighted by Crippen LogP contribution is 2.14. The number of nitrogens with one attached hydrogen (secondary N) is 1. The summed E-state index contributed by atoms with van der Waals surface area (Å²) in [6.45, 7) is 8.02. The Morgan fingerprint density at radius 2 is 2.50 bits per heavy atom. The Morgan fingerprint density at radius 3 is 3.14 bits per heavy atom. The van der Waals surface area contributed by atoms with Crippen molar-refractivity contribution >= 4 is 11.8 Å². The van der Waals surface area contributed by atoms with Gasteiger partial charge in [-0.15, -0.1) is 11.8 Å². The Labute approximate surface area is 89.8 Å². The SMILES string of the molecule is C=C(CNCC)CSCc1ccco1. The smallest absolute Gasteiger partial charge is 0.113 e. The second kappa shape index (κ2) is 6.74. The first-order valence-corrected chi connectivity index (χ1v) is 5.96. The Kier molecular flexibility index (Phi) is 5.49. The Hall–Kier alpha value is -0.670. The maximum Gasteiger partial charge on any atom is 0.113 e. The van der Waals surface area contributed by atoms with Gasteiger partial charge >= 0.3 is 0 Å². The van der Waals surface area contributed by atoms with Crippen molar-refractivity contribution in [3.8, 4) is 0 Å². The fourth-order valence-corrected chi connectivity index (χ4v) is 1.90. The number of hydrogen-bond acceptors (Lipinski definition) is 3. The molecule has 0 amide bonds. The summed E-state index contributed by atoms with van der Waals surface area (Å²) in [5.41, 5.74) is 1.24. The van der Waals surface area contributed by atoms with E-state index in [9.17, 15) is 0 Å². The van der Waals surface area contributed by atoms with Crippen LogP contribution in [0.15, 0.2) is 35.0 Å². The summed E-state index contributed by atoms with van der Waals surface area (Å²) < 4.78 is 5.23. The Bertz CT molecular complexity index is 256. The van der Waals surface area contributed by atoms with Gasteiger partial charge in [-0.1, -0.05) is 19.1 Å². The summed E-state index contributed by atoms with van der Waals surface area (Å²) >= 11 is 1.84. The predicted octanol–water partition coefficient (Wildman–Crippen LogP) is 2.68. The van der Waals surface area contributed by atoms with Gasteiger partial charge in [-0.3, -0.25) is 0 Å². The zero-order valence-corrected chi connectivity index (χ0v) is 9.40. The first-order valence-electron chi connectivity index (χ1n) is 4.80. The fourth-order valence-electron chi connectivity index (χ4n) is 1.04.